The summed E-state index contributed by atoms with van der Waals surface area (Å²) in [4.78, 5) is 13.3. The van der Waals surface area contributed by atoms with Gasteiger partial charge < -0.3 is 0 Å². The van der Waals surface area contributed by atoms with Crippen LogP contribution >= 0.6 is 0 Å². The van der Waals surface area contributed by atoms with E-state index in [4.69, 9.17) is 4.98 Å². The number of benzene rings is 1. The zero-order valence-electron chi connectivity index (χ0n) is 14.1. The second-order valence-electron chi connectivity index (χ2n) is 5.44. The predicted molar refractivity (Wildman–Crippen MR) is 105 cm³/mol. The summed E-state index contributed by atoms with van der Waals surface area (Å²) < 4.78 is 0. The van der Waals surface area contributed by atoms with Crippen molar-refractivity contribution in [3.05, 3.63) is 90.8 Å². The number of aliphatic imine (C=N–C) groups is 1. The van der Waals surface area contributed by atoms with Crippen molar-refractivity contribution in [1.29, 1.82) is 0 Å². The lowest BCUT2D eigenvalue weighted by molar-refractivity contribution is 1.21. The first kappa shape index (κ1) is 16.5. The van der Waals surface area contributed by atoms with Gasteiger partial charge in [-0.15, -0.1) is 0 Å². The molecule has 0 aliphatic heterocycles. The molecule has 0 spiro atoms. The van der Waals surface area contributed by atoms with Crippen LogP contribution in [0.15, 0.2) is 90.1 Å². The number of aromatic nitrogens is 2. The van der Waals surface area contributed by atoms with Crippen LogP contribution in [0.25, 0.3) is 28.2 Å². The molecular weight excluding hydrogens is 306 g/mol. The molecule has 0 amide bonds. The third-order valence-electron chi connectivity index (χ3n) is 3.74. The van der Waals surface area contributed by atoms with E-state index in [2.05, 4.69) is 34.9 Å². The Bertz CT molecular complexity index is 853. The first-order chi connectivity index (χ1) is 12.3. The number of hydrogen-bond donors (Lipinski definition) is 0. The minimum Gasteiger partial charge on any atom is -0.262 e. The molecule has 0 atom stereocenters. The van der Waals surface area contributed by atoms with Crippen molar-refractivity contribution in [2.45, 2.75) is 6.92 Å². The van der Waals surface area contributed by atoms with Crippen LogP contribution in [-0.4, -0.2) is 16.7 Å². The second kappa shape index (κ2) is 7.97. The highest BCUT2D eigenvalue weighted by molar-refractivity contribution is 5.76. The summed E-state index contributed by atoms with van der Waals surface area (Å²) in [6.45, 7) is 5.65. The molecule has 0 radical (unpaired) electrons. The molecule has 0 aliphatic rings. The van der Waals surface area contributed by atoms with E-state index in [1.807, 2.05) is 67.6 Å². The molecule has 0 N–H and O–H groups in total. The quantitative estimate of drug-likeness (QED) is 0.463. The van der Waals surface area contributed by atoms with E-state index in [0.717, 1.165) is 33.9 Å². The van der Waals surface area contributed by atoms with Crippen LogP contribution in [0.5, 0.6) is 0 Å². The molecule has 2 aromatic heterocycles. The summed E-state index contributed by atoms with van der Waals surface area (Å²) in [5.41, 5.74) is 5.34. The molecule has 0 saturated carbocycles. The molecule has 3 aromatic rings. The molecule has 0 aliphatic carbocycles. The van der Waals surface area contributed by atoms with Gasteiger partial charge >= 0.3 is 0 Å². The molecule has 3 heteroatoms. The Morgan fingerprint density at radius 3 is 2.44 bits per heavy atom. The summed E-state index contributed by atoms with van der Waals surface area (Å²) in [5, 5.41) is 0. The van der Waals surface area contributed by atoms with Crippen LogP contribution in [0.1, 0.15) is 12.6 Å². The Balaban J connectivity index is 2.20. The van der Waals surface area contributed by atoms with Crippen molar-refractivity contribution in [1.82, 2.24) is 9.97 Å². The molecule has 25 heavy (non-hydrogen) atoms. The molecule has 3 rings (SSSR count). The zero-order valence-corrected chi connectivity index (χ0v) is 14.1. The minimum atomic E-state index is 0.730. The molecule has 122 valence electrons. The van der Waals surface area contributed by atoms with Crippen molar-refractivity contribution < 1.29 is 0 Å². The summed E-state index contributed by atoms with van der Waals surface area (Å²) in [6, 6.07) is 20.1. The monoisotopic (exact) mass is 325 g/mol. The number of allylic oxidation sites excluding steroid dienone is 3. The first-order valence-electron chi connectivity index (χ1n) is 8.11. The average Bonchev–Trinajstić information content (AvgIpc) is 2.70. The van der Waals surface area contributed by atoms with E-state index < -0.39 is 0 Å². The van der Waals surface area contributed by atoms with Crippen LogP contribution in [0.2, 0.25) is 0 Å². The fraction of sp³-hybridized carbons (Fsp3) is 0.0455. The maximum atomic E-state index is 4.75. The van der Waals surface area contributed by atoms with Gasteiger partial charge in [-0.3, -0.25) is 9.98 Å². The fourth-order valence-corrected chi connectivity index (χ4v) is 2.51. The number of rotatable bonds is 5. The number of pyridine rings is 2. The van der Waals surface area contributed by atoms with Crippen molar-refractivity contribution in [2.24, 2.45) is 4.99 Å². The highest BCUT2D eigenvalue weighted by atomic mass is 14.8. The maximum absolute atomic E-state index is 4.75. The van der Waals surface area contributed by atoms with Crippen LogP contribution < -0.4 is 0 Å². The van der Waals surface area contributed by atoms with Gasteiger partial charge in [0.2, 0.25) is 0 Å². The molecule has 0 fully saturated rings. The van der Waals surface area contributed by atoms with E-state index >= 15 is 0 Å². The number of nitrogens with zero attached hydrogens (tertiary/aromatic N) is 3. The van der Waals surface area contributed by atoms with Crippen LogP contribution in [-0.2, 0) is 0 Å². The van der Waals surface area contributed by atoms with E-state index in [9.17, 15) is 0 Å². The molecule has 0 saturated heterocycles. The lowest BCUT2D eigenvalue weighted by Gasteiger charge is -2.09. The van der Waals surface area contributed by atoms with Gasteiger partial charge in [0.15, 0.2) is 0 Å². The van der Waals surface area contributed by atoms with Crippen LogP contribution in [0.3, 0.4) is 0 Å². The highest BCUT2D eigenvalue weighted by Gasteiger charge is 2.10. The van der Waals surface area contributed by atoms with Gasteiger partial charge in [-0.05, 0) is 55.1 Å². The predicted octanol–water partition coefficient (Wildman–Crippen LogP) is 5.43. The van der Waals surface area contributed by atoms with Gasteiger partial charge in [-0.1, -0.05) is 48.6 Å². The van der Waals surface area contributed by atoms with Gasteiger partial charge in [0.05, 0.1) is 22.8 Å². The van der Waals surface area contributed by atoms with E-state index in [1.54, 1.807) is 6.20 Å². The SMILES string of the molecule is C=N/C(=C\C=C/C)c1cc(-c2ccccc2)cc(-c2ccccn2)n1. The van der Waals surface area contributed by atoms with Crippen LogP contribution in [0.4, 0.5) is 0 Å². The van der Waals surface area contributed by atoms with Gasteiger partial charge in [-0.25, -0.2) is 4.98 Å². The Morgan fingerprint density at radius 2 is 1.76 bits per heavy atom. The Labute approximate surface area is 148 Å². The van der Waals surface area contributed by atoms with Gasteiger partial charge in [0.1, 0.15) is 0 Å². The largest absolute Gasteiger partial charge is 0.262 e. The summed E-state index contributed by atoms with van der Waals surface area (Å²) in [5.74, 6) is 0. The van der Waals surface area contributed by atoms with E-state index in [1.165, 1.54) is 0 Å². The van der Waals surface area contributed by atoms with Crippen molar-refractivity contribution in [3.8, 4) is 22.5 Å². The van der Waals surface area contributed by atoms with Crippen molar-refractivity contribution in [3.63, 3.8) is 0 Å². The number of hydrogen-bond acceptors (Lipinski definition) is 3. The van der Waals surface area contributed by atoms with Gasteiger partial charge in [0.25, 0.3) is 0 Å². The lowest BCUT2D eigenvalue weighted by Crippen LogP contribution is -1.94. The molecule has 0 unspecified atom stereocenters. The minimum absolute atomic E-state index is 0.730. The zero-order chi connectivity index (χ0) is 17.5. The van der Waals surface area contributed by atoms with E-state index in [0.29, 0.717) is 0 Å². The van der Waals surface area contributed by atoms with Gasteiger partial charge in [0, 0.05) is 6.20 Å². The van der Waals surface area contributed by atoms with Crippen LogP contribution in [0, 0.1) is 0 Å². The normalized spacial score (nSPS) is 11.6. The molecule has 3 nitrogen and oxygen atoms in total. The molecule has 0 bridgehead atoms. The highest BCUT2D eigenvalue weighted by Crippen LogP contribution is 2.28. The fourth-order valence-electron chi connectivity index (χ4n) is 2.51. The third-order valence-corrected chi connectivity index (χ3v) is 3.74. The smallest absolute Gasteiger partial charge is 0.0900 e. The Hall–Kier alpha value is -3.33. The second-order valence-corrected chi connectivity index (χ2v) is 5.44. The average molecular weight is 325 g/mol. The first-order valence-corrected chi connectivity index (χ1v) is 8.11. The molecule has 1 aromatic carbocycles. The molecular formula is C22H19N3. The van der Waals surface area contributed by atoms with Crippen molar-refractivity contribution >= 4 is 12.4 Å². The standard InChI is InChI=1S/C22H19N3/c1-3-4-12-19(23-2)21-15-18(17-10-6-5-7-11-17)16-22(25-21)20-13-8-9-14-24-20/h3-16H,2H2,1H3/b4-3-,19-12-. The van der Waals surface area contributed by atoms with Crippen molar-refractivity contribution in [2.75, 3.05) is 0 Å². The third kappa shape index (κ3) is 3.96. The van der Waals surface area contributed by atoms with E-state index in [-0.39, 0.29) is 0 Å². The summed E-state index contributed by atoms with van der Waals surface area (Å²) in [6.07, 6.45) is 7.56. The Kier molecular flexibility index (Phi) is 5.27. The maximum Gasteiger partial charge on any atom is 0.0900 e. The Morgan fingerprint density at radius 1 is 0.960 bits per heavy atom. The molecule has 2 heterocycles. The summed E-state index contributed by atoms with van der Waals surface area (Å²) in [7, 11) is 0. The lowest BCUT2D eigenvalue weighted by atomic mass is 10.0. The van der Waals surface area contributed by atoms with Gasteiger partial charge in [-0.2, -0.15) is 0 Å². The summed E-state index contributed by atoms with van der Waals surface area (Å²) >= 11 is 0. The topological polar surface area (TPSA) is 38.1 Å².